The van der Waals surface area contributed by atoms with E-state index in [2.05, 4.69) is 5.32 Å². The molecule has 0 spiro atoms. The Morgan fingerprint density at radius 3 is 2.63 bits per heavy atom. The van der Waals surface area contributed by atoms with Gasteiger partial charge in [-0.3, -0.25) is 4.79 Å². The number of halogens is 1. The van der Waals surface area contributed by atoms with E-state index in [4.69, 9.17) is 5.73 Å². The van der Waals surface area contributed by atoms with Crippen LogP contribution in [0.4, 0.5) is 4.39 Å². The molecular weight excluding hydrogens is 243 g/mol. The smallest absolute Gasteiger partial charge is 0.220 e. The van der Waals surface area contributed by atoms with Gasteiger partial charge in [0.05, 0.1) is 6.04 Å². The number of amides is 1. The minimum Gasteiger partial charge on any atom is -0.350 e. The molecule has 19 heavy (non-hydrogen) atoms. The summed E-state index contributed by atoms with van der Waals surface area (Å²) < 4.78 is 13.5. The quantitative estimate of drug-likeness (QED) is 0.861. The SMILES string of the molecule is Cc1ccc(C(C)NC(=O)CCC(C)(C)N)cc1F. The van der Waals surface area contributed by atoms with Crippen molar-refractivity contribution in [1.29, 1.82) is 0 Å². The van der Waals surface area contributed by atoms with Gasteiger partial charge >= 0.3 is 0 Å². The van der Waals surface area contributed by atoms with Crippen LogP contribution in [0.3, 0.4) is 0 Å². The fourth-order valence-electron chi connectivity index (χ4n) is 1.71. The lowest BCUT2D eigenvalue weighted by Crippen LogP contribution is -2.35. The van der Waals surface area contributed by atoms with Gasteiger partial charge in [-0.1, -0.05) is 12.1 Å². The monoisotopic (exact) mass is 266 g/mol. The first-order valence-corrected chi connectivity index (χ1v) is 6.53. The molecule has 0 fully saturated rings. The summed E-state index contributed by atoms with van der Waals surface area (Å²) in [6.45, 7) is 7.33. The minimum atomic E-state index is -0.351. The van der Waals surface area contributed by atoms with Gasteiger partial charge < -0.3 is 11.1 Å². The van der Waals surface area contributed by atoms with E-state index in [-0.39, 0.29) is 23.3 Å². The highest BCUT2D eigenvalue weighted by Gasteiger charge is 2.15. The van der Waals surface area contributed by atoms with Crippen molar-refractivity contribution >= 4 is 5.91 Å². The molecule has 0 aliphatic carbocycles. The summed E-state index contributed by atoms with van der Waals surface area (Å²) in [5.41, 5.74) is 6.85. The Morgan fingerprint density at radius 1 is 1.47 bits per heavy atom. The molecule has 0 aromatic heterocycles. The summed E-state index contributed by atoms with van der Waals surface area (Å²) in [6.07, 6.45) is 0.996. The number of nitrogens with one attached hydrogen (secondary N) is 1. The van der Waals surface area contributed by atoms with Crippen molar-refractivity contribution in [3.63, 3.8) is 0 Å². The highest BCUT2D eigenvalue weighted by Crippen LogP contribution is 2.17. The van der Waals surface area contributed by atoms with Crippen LogP contribution < -0.4 is 11.1 Å². The number of aryl methyl sites for hydroxylation is 1. The molecule has 0 heterocycles. The van der Waals surface area contributed by atoms with Crippen LogP contribution in [-0.2, 0) is 4.79 Å². The van der Waals surface area contributed by atoms with Gasteiger partial charge in [-0.2, -0.15) is 0 Å². The molecule has 0 radical (unpaired) electrons. The largest absolute Gasteiger partial charge is 0.350 e. The van der Waals surface area contributed by atoms with Gasteiger partial charge in [-0.05, 0) is 51.3 Å². The highest BCUT2D eigenvalue weighted by atomic mass is 19.1. The predicted octanol–water partition coefficient (Wildman–Crippen LogP) is 2.83. The molecule has 1 rings (SSSR count). The zero-order chi connectivity index (χ0) is 14.6. The molecule has 3 N–H and O–H groups in total. The number of hydrogen-bond acceptors (Lipinski definition) is 2. The first kappa shape index (κ1) is 15.6. The number of nitrogens with two attached hydrogens (primary N) is 1. The fourth-order valence-corrected chi connectivity index (χ4v) is 1.71. The highest BCUT2D eigenvalue weighted by molar-refractivity contribution is 5.76. The maximum atomic E-state index is 13.5. The second kappa shape index (κ2) is 6.15. The van der Waals surface area contributed by atoms with Crippen LogP contribution in [0.1, 0.15) is 50.8 Å². The van der Waals surface area contributed by atoms with Gasteiger partial charge in [0.1, 0.15) is 5.82 Å². The minimum absolute atomic E-state index is 0.0630. The summed E-state index contributed by atoms with van der Waals surface area (Å²) in [7, 11) is 0. The molecule has 106 valence electrons. The number of rotatable bonds is 5. The van der Waals surface area contributed by atoms with Crippen molar-refractivity contribution in [2.24, 2.45) is 5.73 Å². The Labute approximate surface area is 114 Å². The van der Waals surface area contributed by atoms with E-state index < -0.39 is 0 Å². The van der Waals surface area contributed by atoms with Gasteiger partial charge in [0.25, 0.3) is 0 Å². The first-order valence-electron chi connectivity index (χ1n) is 6.53. The second-order valence-electron chi connectivity index (χ2n) is 5.79. The van der Waals surface area contributed by atoms with Crippen molar-refractivity contribution in [1.82, 2.24) is 5.32 Å². The summed E-state index contributed by atoms with van der Waals surface area (Å²) >= 11 is 0. The molecule has 1 unspecified atom stereocenters. The standard InChI is InChI=1S/C15H23FN2O/c1-10-5-6-12(9-13(10)16)11(2)18-14(19)7-8-15(3,4)17/h5-6,9,11H,7-8,17H2,1-4H3,(H,18,19). The maximum Gasteiger partial charge on any atom is 0.220 e. The fraction of sp³-hybridized carbons (Fsp3) is 0.533. The van der Waals surface area contributed by atoms with Gasteiger partial charge in [0.15, 0.2) is 0 Å². The predicted molar refractivity (Wildman–Crippen MR) is 75.2 cm³/mol. The second-order valence-corrected chi connectivity index (χ2v) is 5.79. The summed E-state index contributed by atoms with van der Waals surface area (Å²) in [6, 6.07) is 4.81. The van der Waals surface area contributed by atoms with Crippen molar-refractivity contribution in [2.75, 3.05) is 0 Å². The Bertz CT molecular complexity index is 452. The molecular formula is C15H23FN2O. The molecule has 0 bridgehead atoms. The molecule has 4 heteroatoms. The number of hydrogen-bond donors (Lipinski definition) is 2. The average Bonchev–Trinajstić information content (AvgIpc) is 2.29. The van der Waals surface area contributed by atoms with E-state index in [1.165, 1.54) is 6.07 Å². The molecule has 0 aliphatic rings. The van der Waals surface area contributed by atoms with E-state index in [0.717, 1.165) is 5.56 Å². The molecule has 3 nitrogen and oxygen atoms in total. The van der Waals surface area contributed by atoms with Crippen LogP contribution in [0.25, 0.3) is 0 Å². The number of carbonyl (C=O) groups excluding carboxylic acids is 1. The molecule has 1 amide bonds. The van der Waals surface area contributed by atoms with Crippen LogP contribution in [0, 0.1) is 12.7 Å². The van der Waals surface area contributed by atoms with E-state index in [1.807, 2.05) is 26.8 Å². The van der Waals surface area contributed by atoms with Gasteiger partial charge in [0.2, 0.25) is 5.91 Å². The van der Waals surface area contributed by atoms with Crippen LogP contribution in [-0.4, -0.2) is 11.4 Å². The van der Waals surface area contributed by atoms with E-state index in [1.54, 1.807) is 13.0 Å². The number of benzene rings is 1. The van der Waals surface area contributed by atoms with Crippen molar-refractivity contribution < 1.29 is 9.18 Å². The Morgan fingerprint density at radius 2 is 2.11 bits per heavy atom. The van der Waals surface area contributed by atoms with Crippen molar-refractivity contribution in [2.45, 2.75) is 52.1 Å². The lowest BCUT2D eigenvalue weighted by molar-refractivity contribution is -0.122. The van der Waals surface area contributed by atoms with Gasteiger partial charge in [-0.15, -0.1) is 0 Å². The molecule has 0 saturated carbocycles. The molecule has 1 atom stereocenters. The molecule has 1 aromatic carbocycles. The topological polar surface area (TPSA) is 55.1 Å². The normalized spacial score (nSPS) is 13.2. The third-order valence-electron chi connectivity index (χ3n) is 3.07. The molecule has 0 saturated heterocycles. The zero-order valence-electron chi connectivity index (χ0n) is 12.1. The third-order valence-corrected chi connectivity index (χ3v) is 3.07. The van der Waals surface area contributed by atoms with Crippen LogP contribution >= 0.6 is 0 Å². The summed E-state index contributed by atoms with van der Waals surface area (Å²) in [4.78, 5) is 11.8. The Kier molecular flexibility index (Phi) is 5.06. The van der Waals surface area contributed by atoms with Crippen molar-refractivity contribution in [3.05, 3.63) is 35.1 Å². The number of carbonyl (C=O) groups is 1. The van der Waals surface area contributed by atoms with E-state index in [9.17, 15) is 9.18 Å². The average molecular weight is 266 g/mol. The van der Waals surface area contributed by atoms with Crippen LogP contribution in [0.5, 0.6) is 0 Å². The first-order chi connectivity index (χ1) is 8.69. The van der Waals surface area contributed by atoms with E-state index in [0.29, 0.717) is 18.4 Å². The summed E-state index contributed by atoms with van der Waals surface area (Å²) in [5, 5.41) is 2.85. The Hall–Kier alpha value is -1.42. The molecule has 1 aromatic rings. The zero-order valence-corrected chi connectivity index (χ0v) is 12.1. The van der Waals surface area contributed by atoms with Crippen LogP contribution in [0.15, 0.2) is 18.2 Å². The Balaban J connectivity index is 2.56. The van der Waals surface area contributed by atoms with E-state index >= 15 is 0 Å². The summed E-state index contributed by atoms with van der Waals surface area (Å²) in [5.74, 6) is -0.311. The van der Waals surface area contributed by atoms with Crippen LogP contribution in [0.2, 0.25) is 0 Å². The lowest BCUT2D eigenvalue weighted by atomic mass is 9.99. The van der Waals surface area contributed by atoms with Crippen molar-refractivity contribution in [3.8, 4) is 0 Å². The molecule has 0 aliphatic heterocycles. The lowest BCUT2D eigenvalue weighted by Gasteiger charge is -2.19. The third kappa shape index (κ3) is 5.39. The van der Waals surface area contributed by atoms with Gasteiger partial charge in [0, 0.05) is 12.0 Å². The maximum absolute atomic E-state index is 13.5. The van der Waals surface area contributed by atoms with Gasteiger partial charge in [-0.25, -0.2) is 4.39 Å².